The first-order chi connectivity index (χ1) is 14.1. The minimum atomic E-state index is -0.491. The molecule has 0 unspecified atom stereocenters. The Kier molecular flexibility index (Phi) is 4.81. The number of aromatic amines is 1. The third kappa shape index (κ3) is 3.86. The molecule has 1 aromatic heterocycles. The fourth-order valence-corrected chi connectivity index (χ4v) is 2.97. The number of hydrogen-bond acceptors (Lipinski definition) is 5. The van der Waals surface area contributed by atoms with Gasteiger partial charge in [0, 0.05) is 23.3 Å². The van der Waals surface area contributed by atoms with Crippen molar-refractivity contribution in [3.8, 4) is 11.3 Å². The van der Waals surface area contributed by atoms with Gasteiger partial charge in [-0.15, -0.1) is 0 Å². The molecular formula is C21H15N5O3. The molecule has 0 bridgehead atoms. The summed E-state index contributed by atoms with van der Waals surface area (Å²) in [4.78, 5) is 22.6. The minimum Gasteiger partial charge on any atom is -0.272 e. The Hall–Kier alpha value is -4.33. The molecule has 8 heteroatoms. The molecule has 0 aliphatic rings. The maximum Gasteiger partial charge on any atom is 0.289 e. The zero-order valence-electron chi connectivity index (χ0n) is 15.1. The Morgan fingerprint density at radius 2 is 1.86 bits per heavy atom. The van der Waals surface area contributed by atoms with Gasteiger partial charge in [0.05, 0.1) is 16.8 Å². The number of benzene rings is 3. The number of hydrogen-bond donors (Lipinski definition) is 2. The van der Waals surface area contributed by atoms with Crippen LogP contribution >= 0.6 is 0 Å². The van der Waals surface area contributed by atoms with Crippen LogP contribution in [0.3, 0.4) is 0 Å². The summed E-state index contributed by atoms with van der Waals surface area (Å²) < 4.78 is 0. The number of rotatable bonds is 5. The summed E-state index contributed by atoms with van der Waals surface area (Å²) in [7, 11) is 0. The van der Waals surface area contributed by atoms with Crippen LogP contribution in [0, 0.1) is 10.1 Å². The number of nitro groups is 1. The number of carbonyl (C=O) groups excluding carboxylic acids is 1. The van der Waals surface area contributed by atoms with E-state index in [1.54, 1.807) is 18.2 Å². The van der Waals surface area contributed by atoms with E-state index in [1.165, 1.54) is 18.3 Å². The molecule has 1 heterocycles. The Bertz CT molecular complexity index is 1240. The Labute approximate surface area is 165 Å². The van der Waals surface area contributed by atoms with Gasteiger partial charge in [-0.25, -0.2) is 5.43 Å². The Balaban J connectivity index is 1.50. The maximum atomic E-state index is 12.3. The topological polar surface area (TPSA) is 113 Å². The fourth-order valence-electron chi connectivity index (χ4n) is 2.97. The van der Waals surface area contributed by atoms with Gasteiger partial charge in [-0.1, -0.05) is 54.6 Å². The molecule has 0 saturated carbocycles. The monoisotopic (exact) mass is 385 g/mol. The van der Waals surface area contributed by atoms with Crippen LogP contribution in [0.1, 0.15) is 16.1 Å². The van der Waals surface area contributed by atoms with E-state index in [9.17, 15) is 14.9 Å². The van der Waals surface area contributed by atoms with Gasteiger partial charge in [0.2, 0.25) is 0 Å². The van der Waals surface area contributed by atoms with Gasteiger partial charge in [-0.3, -0.25) is 20.0 Å². The van der Waals surface area contributed by atoms with Crippen LogP contribution < -0.4 is 5.43 Å². The molecule has 8 nitrogen and oxygen atoms in total. The molecule has 29 heavy (non-hydrogen) atoms. The first-order valence-corrected chi connectivity index (χ1v) is 8.73. The lowest BCUT2D eigenvalue weighted by Gasteiger charge is -2.02. The molecule has 4 rings (SSSR count). The van der Waals surface area contributed by atoms with Gasteiger partial charge in [-0.05, 0) is 16.8 Å². The van der Waals surface area contributed by atoms with Crippen molar-refractivity contribution in [1.29, 1.82) is 0 Å². The predicted octanol–water partition coefficient (Wildman–Crippen LogP) is 3.90. The van der Waals surface area contributed by atoms with Gasteiger partial charge in [0.25, 0.3) is 11.6 Å². The van der Waals surface area contributed by atoms with Gasteiger partial charge in [0.1, 0.15) is 5.69 Å². The Morgan fingerprint density at radius 3 is 2.72 bits per heavy atom. The highest BCUT2D eigenvalue weighted by Crippen LogP contribution is 2.27. The molecule has 0 radical (unpaired) electrons. The number of aromatic nitrogens is 2. The van der Waals surface area contributed by atoms with Crippen LogP contribution in [0.4, 0.5) is 5.69 Å². The number of H-pyrrole nitrogens is 1. The summed E-state index contributed by atoms with van der Waals surface area (Å²) in [5.41, 5.74) is 4.66. The second kappa shape index (κ2) is 7.73. The SMILES string of the molecule is O=C(NN=Cc1cccc([N+](=O)[O-])c1)c1cc(-c2cccc3ccccc23)n[nH]1. The smallest absolute Gasteiger partial charge is 0.272 e. The van der Waals surface area contributed by atoms with Crippen LogP contribution in [0.25, 0.3) is 22.0 Å². The van der Waals surface area contributed by atoms with E-state index in [4.69, 9.17) is 0 Å². The number of nitro benzene ring substituents is 1. The number of amides is 1. The number of nitrogens with one attached hydrogen (secondary N) is 2. The highest BCUT2D eigenvalue weighted by Gasteiger charge is 2.12. The lowest BCUT2D eigenvalue weighted by Crippen LogP contribution is -2.18. The number of carbonyl (C=O) groups is 1. The zero-order valence-corrected chi connectivity index (χ0v) is 15.1. The normalized spacial score (nSPS) is 11.0. The van der Waals surface area contributed by atoms with E-state index in [0.29, 0.717) is 11.3 Å². The van der Waals surface area contributed by atoms with Crippen molar-refractivity contribution in [1.82, 2.24) is 15.6 Å². The summed E-state index contributed by atoms with van der Waals surface area (Å²) >= 11 is 0. The second-order valence-electron chi connectivity index (χ2n) is 6.24. The summed E-state index contributed by atoms with van der Waals surface area (Å²) in [6.45, 7) is 0. The molecule has 0 saturated heterocycles. The standard InChI is InChI=1S/C21H15N5O3/c27-21(25-22-13-14-5-3-8-16(11-14)26(28)29)20-12-19(23-24-20)18-10-4-7-15-6-1-2-9-17(15)18/h1-13H,(H,23,24)(H,25,27). The summed E-state index contributed by atoms with van der Waals surface area (Å²) in [5, 5.41) is 23.7. The largest absolute Gasteiger partial charge is 0.289 e. The van der Waals surface area contributed by atoms with Crippen molar-refractivity contribution in [2.24, 2.45) is 5.10 Å². The van der Waals surface area contributed by atoms with Crippen LogP contribution in [0.2, 0.25) is 0 Å². The lowest BCUT2D eigenvalue weighted by molar-refractivity contribution is -0.384. The summed E-state index contributed by atoms with van der Waals surface area (Å²) in [5.74, 6) is -0.467. The van der Waals surface area contributed by atoms with Gasteiger partial charge in [0.15, 0.2) is 0 Å². The van der Waals surface area contributed by atoms with Gasteiger partial charge < -0.3 is 0 Å². The quantitative estimate of drug-likeness (QED) is 0.308. The number of fused-ring (bicyclic) bond motifs is 1. The third-order valence-corrected chi connectivity index (χ3v) is 4.35. The molecule has 4 aromatic rings. The van der Waals surface area contributed by atoms with E-state index < -0.39 is 10.8 Å². The lowest BCUT2D eigenvalue weighted by atomic mass is 10.0. The van der Waals surface area contributed by atoms with E-state index in [0.717, 1.165) is 16.3 Å². The molecular weight excluding hydrogens is 370 g/mol. The number of non-ortho nitro benzene ring substituents is 1. The highest BCUT2D eigenvalue weighted by atomic mass is 16.6. The van der Waals surface area contributed by atoms with E-state index >= 15 is 0 Å². The van der Waals surface area contributed by atoms with Crippen molar-refractivity contribution in [2.75, 3.05) is 0 Å². The minimum absolute atomic E-state index is 0.0476. The number of nitrogens with zero attached hydrogens (tertiary/aromatic N) is 3. The molecule has 0 spiro atoms. The van der Waals surface area contributed by atoms with Crippen molar-refractivity contribution < 1.29 is 9.72 Å². The Morgan fingerprint density at radius 1 is 1.07 bits per heavy atom. The van der Waals surface area contributed by atoms with E-state index in [1.807, 2.05) is 42.5 Å². The van der Waals surface area contributed by atoms with Crippen LogP contribution in [-0.2, 0) is 0 Å². The molecule has 2 N–H and O–H groups in total. The molecule has 0 aliphatic carbocycles. The van der Waals surface area contributed by atoms with Crippen LogP contribution in [-0.4, -0.2) is 27.2 Å². The van der Waals surface area contributed by atoms with Crippen LogP contribution in [0.5, 0.6) is 0 Å². The van der Waals surface area contributed by atoms with Gasteiger partial charge >= 0.3 is 0 Å². The fraction of sp³-hybridized carbons (Fsp3) is 0. The number of hydrazone groups is 1. The van der Waals surface area contributed by atoms with Gasteiger partial charge in [-0.2, -0.15) is 10.2 Å². The predicted molar refractivity (Wildman–Crippen MR) is 110 cm³/mol. The molecule has 1 amide bonds. The average Bonchev–Trinajstić information content (AvgIpc) is 3.23. The highest BCUT2D eigenvalue weighted by molar-refractivity contribution is 5.98. The van der Waals surface area contributed by atoms with E-state index in [2.05, 4.69) is 20.7 Å². The summed E-state index contributed by atoms with van der Waals surface area (Å²) in [6, 6.07) is 21.4. The second-order valence-corrected chi connectivity index (χ2v) is 6.24. The molecule has 0 atom stereocenters. The average molecular weight is 385 g/mol. The molecule has 0 aliphatic heterocycles. The van der Waals surface area contributed by atoms with Crippen molar-refractivity contribution in [3.05, 3.63) is 94.2 Å². The van der Waals surface area contributed by atoms with Crippen molar-refractivity contribution in [3.63, 3.8) is 0 Å². The summed E-state index contributed by atoms with van der Waals surface area (Å²) in [6.07, 6.45) is 1.34. The van der Waals surface area contributed by atoms with E-state index in [-0.39, 0.29) is 11.4 Å². The molecule has 0 fully saturated rings. The third-order valence-electron chi connectivity index (χ3n) is 4.35. The van der Waals surface area contributed by atoms with Crippen molar-refractivity contribution in [2.45, 2.75) is 0 Å². The van der Waals surface area contributed by atoms with Crippen LogP contribution in [0.15, 0.2) is 77.9 Å². The van der Waals surface area contributed by atoms with Crippen molar-refractivity contribution >= 4 is 28.6 Å². The molecule has 142 valence electrons. The molecule has 3 aromatic carbocycles. The zero-order chi connectivity index (χ0) is 20.2. The first-order valence-electron chi connectivity index (χ1n) is 8.73. The first kappa shape index (κ1) is 18.1. The maximum absolute atomic E-state index is 12.3.